The van der Waals surface area contributed by atoms with Gasteiger partial charge in [0.15, 0.2) is 5.96 Å². The number of aliphatic imine (C=N–C) groups is 1. The highest BCUT2D eigenvalue weighted by molar-refractivity contribution is 7.89. The van der Waals surface area contributed by atoms with E-state index in [-0.39, 0.29) is 10.8 Å². The maximum atomic E-state index is 12.9. The fourth-order valence-corrected chi connectivity index (χ4v) is 3.42. The lowest BCUT2D eigenvalue weighted by molar-refractivity contribution is -0.137. The number of guanidine groups is 1. The molecule has 0 heterocycles. The van der Waals surface area contributed by atoms with E-state index < -0.39 is 21.8 Å². The van der Waals surface area contributed by atoms with E-state index in [1.807, 2.05) is 6.92 Å². The third-order valence-electron chi connectivity index (χ3n) is 4.56. The molecule has 0 aliphatic heterocycles. The molecular formula is C20H25F3N4O2S. The molecule has 0 aromatic heterocycles. The number of alkyl halides is 3. The number of benzene rings is 2. The Morgan fingerprint density at radius 3 is 2.47 bits per heavy atom. The van der Waals surface area contributed by atoms with E-state index in [1.54, 1.807) is 25.2 Å². The molecule has 4 N–H and O–H groups in total. The van der Waals surface area contributed by atoms with Crippen molar-refractivity contribution in [3.05, 3.63) is 65.2 Å². The van der Waals surface area contributed by atoms with Crippen LogP contribution in [-0.2, 0) is 22.7 Å². The van der Waals surface area contributed by atoms with Gasteiger partial charge in [0.25, 0.3) is 0 Å². The van der Waals surface area contributed by atoms with Gasteiger partial charge in [0.1, 0.15) is 0 Å². The van der Waals surface area contributed by atoms with Crippen LogP contribution in [0.2, 0.25) is 0 Å². The number of nitrogens with one attached hydrogen (secondary N) is 2. The van der Waals surface area contributed by atoms with Crippen molar-refractivity contribution < 1.29 is 21.6 Å². The normalized spacial score (nSPS) is 13.7. The largest absolute Gasteiger partial charge is 0.416 e. The van der Waals surface area contributed by atoms with Crippen LogP contribution in [0.1, 0.15) is 36.0 Å². The fourth-order valence-electron chi connectivity index (χ4n) is 2.83. The Labute approximate surface area is 174 Å². The summed E-state index contributed by atoms with van der Waals surface area (Å²) in [5.74, 6) is 0.414. The Bertz CT molecular complexity index is 992. The van der Waals surface area contributed by atoms with Gasteiger partial charge < -0.3 is 10.6 Å². The SMILES string of the molecule is CN=C(NCCC(C)c1cccc(C(F)(F)F)c1)NCc1cccc(S(N)(=O)=O)c1. The van der Waals surface area contributed by atoms with Crippen LogP contribution < -0.4 is 15.8 Å². The summed E-state index contributed by atoms with van der Waals surface area (Å²) in [6, 6.07) is 11.6. The minimum Gasteiger partial charge on any atom is -0.356 e. The molecule has 2 aromatic carbocycles. The second kappa shape index (κ2) is 9.94. The van der Waals surface area contributed by atoms with Crippen LogP contribution in [-0.4, -0.2) is 28.0 Å². The highest BCUT2D eigenvalue weighted by atomic mass is 32.2. The molecule has 0 aliphatic carbocycles. The molecule has 0 fully saturated rings. The average Bonchev–Trinajstić information content (AvgIpc) is 2.69. The first-order chi connectivity index (χ1) is 14.0. The Morgan fingerprint density at radius 1 is 1.13 bits per heavy atom. The van der Waals surface area contributed by atoms with Crippen LogP contribution in [0.25, 0.3) is 0 Å². The van der Waals surface area contributed by atoms with E-state index in [0.717, 1.165) is 6.07 Å². The molecule has 2 aromatic rings. The quantitative estimate of drug-likeness (QED) is 0.453. The van der Waals surface area contributed by atoms with Gasteiger partial charge in [0.05, 0.1) is 10.5 Å². The molecule has 1 atom stereocenters. The van der Waals surface area contributed by atoms with Gasteiger partial charge in [-0.1, -0.05) is 37.3 Å². The van der Waals surface area contributed by atoms with E-state index in [2.05, 4.69) is 15.6 Å². The molecule has 2 rings (SSSR count). The molecule has 0 amide bonds. The summed E-state index contributed by atoms with van der Waals surface area (Å²) in [6.45, 7) is 2.69. The van der Waals surface area contributed by atoms with Crippen molar-refractivity contribution >= 4 is 16.0 Å². The Morgan fingerprint density at radius 2 is 1.83 bits per heavy atom. The summed E-state index contributed by atoms with van der Waals surface area (Å²) < 4.78 is 61.5. The lowest BCUT2D eigenvalue weighted by Gasteiger charge is -2.16. The number of hydrogen-bond acceptors (Lipinski definition) is 3. The third kappa shape index (κ3) is 7.03. The van der Waals surface area contributed by atoms with Crippen LogP contribution in [0, 0.1) is 0 Å². The van der Waals surface area contributed by atoms with Crippen LogP contribution in [0.5, 0.6) is 0 Å². The zero-order chi connectivity index (χ0) is 22.4. The standard InChI is InChI=1S/C20H25F3N4O2S/c1-14(16-6-4-7-17(12-16)20(21,22)23)9-10-26-19(25-2)27-13-15-5-3-8-18(11-15)30(24,28)29/h3-8,11-12,14H,9-10,13H2,1-2H3,(H2,24,28,29)(H2,25,26,27). The van der Waals surface area contributed by atoms with Gasteiger partial charge in [0.2, 0.25) is 10.0 Å². The molecule has 0 bridgehead atoms. The first-order valence-electron chi connectivity index (χ1n) is 9.24. The monoisotopic (exact) mass is 442 g/mol. The number of primary sulfonamides is 1. The van der Waals surface area contributed by atoms with Crippen molar-refractivity contribution in [2.75, 3.05) is 13.6 Å². The minimum absolute atomic E-state index is 0.0275. The van der Waals surface area contributed by atoms with Gasteiger partial charge in [-0.15, -0.1) is 0 Å². The Hall–Kier alpha value is -2.59. The second-order valence-corrected chi connectivity index (χ2v) is 8.42. The highest BCUT2D eigenvalue weighted by Crippen LogP contribution is 2.31. The molecular weight excluding hydrogens is 417 g/mol. The van der Waals surface area contributed by atoms with Crippen LogP contribution in [0.4, 0.5) is 13.2 Å². The summed E-state index contributed by atoms with van der Waals surface area (Å²) >= 11 is 0. The van der Waals surface area contributed by atoms with Gasteiger partial charge in [-0.25, -0.2) is 13.6 Å². The molecule has 10 heteroatoms. The number of halogens is 3. The summed E-state index contributed by atoms with van der Waals surface area (Å²) in [4.78, 5) is 4.12. The topological polar surface area (TPSA) is 96.6 Å². The number of nitrogens with two attached hydrogens (primary N) is 1. The first kappa shape index (κ1) is 23.7. The Balaban J connectivity index is 1.88. The lowest BCUT2D eigenvalue weighted by atomic mass is 9.96. The van der Waals surface area contributed by atoms with E-state index in [4.69, 9.17) is 5.14 Å². The first-order valence-corrected chi connectivity index (χ1v) is 10.8. The number of nitrogens with zero attached hydrogens (tertiary/aromatic N) is 1. The van der Waals surface area contributed by atoms with Gasteiger partial charge >= 0.3 is 6.18 Å². The summed E-state index contributed by atoms with van der Waals surface area (Å²) in [6.07, 6.45) is -3.76. The zero-order valence-electron chi connectivity index (χ0n) is 16.7. The predicted molar refractivity (Wildman–Crippen MR) is 110 cm³/mol. The zero-order valence-corrected chi connectivity index (χ0v) is 17.5. The smallest absolute Gasteiger partial charge is 0.356 e. The molecule has 6 nitrogen and oxygen atoms in total. The van der Waals surface area contributed by atoms with Gasteiger partial charge in [0, 0.05) is 20.1 Å². The van der Waals surface area contributed by atoms with E-state index in [9.17, 15) is 21.6 Å². The van der Waals surface area contributed by atoms with Gasteiger partial charge in [-0.2, -0.15) is 13.2 Å². The number of hydrogen-bond donors (Lipinski definition) is 3. The molecule has 164 valence electrons. The number of rotatable bonds is 7. The molecule has 0 spiro atoms. The fraction of sp³-hybridized carbons (Fsp3) is 0.350. The lowest BCUT2D eigenvalue weighted by Crippen LogP contribution is -2.37. The maximum Gasteiger partial charge on any atom is 0.416 e. The van der Waals surface area contributed by atoms with Gasteiger partial charge in [-0.05, 0) is 41.7 Å². The third-order valence-corrected chi connectivity index (χ3v) is 5.47. The molecule has 0 saturated heterocycles. The van der Waals surface area contributed by atoms with E-state index in [0.29, 0.717) is 36.6 Å². The van der Waals surface area contributed by atoms with Crippen molar-refractivity contribution in [1.29, 1.82) is 0 Å². The molecule has 0 saturated carbocycles. The van der Waals surface area contributed by atoms with Crippen molar-refractivity contribution in [2.45, 2.75) is 36.9 Å². The molecule has 30 heavy (non-hydrogen) atoms. The highest BCUT2D eigenvalue weighted by Gasteiger charge is 2.30. The van der Waals surface area contributed by atoms with Crippen molar-refractivity contribution in [2.24, 2.45) is 10.1 Å². The van der Waals surface area contributed by atoms with Crippen molar-refractivity contribution in [3.63, 3.8) is 0 Å². The van der Waals surface area contributed by atoms with Crippen LogP contribution >= 0.6 is 0 Å². The molecule has 0 aliphatic rings. The van der Waals surface area contributed by atoms with Crippen LogP contribution in [0.3, 0.4) is 0 Å². The molecule has 1 unspecified atom stereocenters. The second-order valence-electron chi connectivity index (χ2n) is 6.86. The average molecular weight is 443 g/mol. The summed E-state index contributed by atoms with van der Waals surface area (Å²) in [5, 5.41) is 11.3. The van der Waals surface area contributed by atoms with Gasteiger partial charge in [-0.3, -0.25) is 4.99 Å². The summed E-state index contributed by atoms with van der Waals surface area (Å²) in [7, 11) is -2.19. The van der Waals surface area contributed by atoms with Crippen molar-refractivity contribution in [1.82, 2.24) is 10.6 Å². The number of sulfonamides is 1. The minimum atomic E-state index is -4.36. The maximum absolute atomic E-state index is 12.9. The predicted octanol–water partition coefficient (Wildman–Crippen LogP) is 3.21. The van der Waals surface area contributed by atoms with Crippen molar-refractivity contribution in [3.8, 4) is 0 Å². The summed E-state index contributed by atoms with van der Waals surface area (Å²) in [5.41, 5.74) is 0.676. The van der Waals surface area contributed by atoms with E-state index in [1.165, 1.54) is 24.3 Å². The molecule has 0 radical (unpaired) electrons. The van der Waals surface area contributed by atoms with Crippen LogP contribution in [0.15, 0.2) is 58.4 Å². The van der Waals surface area contributed by atoms with E-state index >= 15 is 0 Å². The Kier molecular flexibility index (Phi) is 7.85.